The van der Waals surface area contributed by atoms with E-state index in [1.807, 2.05) is 20.8 Å². The van der Waals surface area contributed by atoms with Crippen molar-refractivity contribution >= 4 is 35.7 Å². The number of esters is 1. The van der Waals surface area contributed by atoms with Crippen LogP contribution in [0.4, 0.5) is 4.79 Å². The summed E-state index contributed by atoms with van der Waals surface area (Å²) in [5.74, 6) is -3.08. The maximum absolute atomic E-state index is 14.1. The van der Waals surface area contributed by atoms with Crippen LogP contribution in [0.5, 0.6) is 5.75 Å². The molecule has 2 rings (SSSR count). The number of likely N-dealkylation sites (tertiary alicyclic amines) is 1. The van der Waals surface area contributed by atoms with E-state index in [1.165, 1.54) is 24.1 Å². The van der Waals surface area contributed by atoms with Gasteiger partial charge in [0.05, 0.1) is 7.11 Å². The average Bonchev–Trinajstić information content (AvgIpc) is 3.58. The van der Waals surface area contributed by atoms with Crippen LogP contribution in [0.1, 0.15) is 99.0 Å². The van der Waals surface area contributed by atoms with Crippen LogP contribution in [0.2, 0.25) is 0 Å². The smallest absolute Gasteiger partial charge is 0.408 e. The molecule has 53 heavy (non-hydrogen) atoms. The molecular formula is C38H62N6O9. The number of hydrogen-bond acceptors (Lipinski definition) is 10. The Balaban J connectivity index is 2.36. The fourth-order valence-corrected chi connectivity index (χ4v) is 6.09. The van der Waals surface area contributed by atoms with E-state index in [9.17, 15) is 33.9 Å². The second kappa shape index (κ2) is 21.3. The van der Waals surface area contributed by atoms with Gasteiger partial charge in [-0.3, -0.25) is 19.2 Å². The minimum absolute atomic E-state index is 0.00735. The molecule has 6 atom stereocenters. The molecule has 6 unspecified atom stereocenters. The van der Waals surface area contributed by atoms with Gasteiger partial charge in [0, 0.05) is 13.0 Å². The SMILES string of the molecule is CCC(C)C(NC(=O)C(Cc1ccc(O)cc1)NC(=O)C1CCCN1C(=O)C(CCCCN)NC(=O)OC(C)(C)C)C(=O)NC(CC(C)C)C(=O)OC. The van der Waals surface area contributed by atoms with Crippen LogP contribution in [0.25, 0.3) is 0 Å². The van der Waals surface area contributed by atoms with E-state index in [0.717, 1.165) is 0 Å². The highest BCUT2D eigenvalue weighted by molar-refractivity contribution is 5.96. The van der Waals surface area contributed by atoms with E-state index in [-0.39, 0.29) is 30.6 Å². The number of ether oxygens (including phenoxy) is 2. The predicted molar refractivity (Wildman–Crippen MR) is 199 cm³/mol. The van der Waals surface area contributed by atoms with E-state index in [1.54, 1.807) is 39.8 Å². The lowest BCUT2D eigenvalue weighted by Gasteiger charge is -2.31. The number of nitrogens with one attached hydrogen (secondary N) is 4. The first-order valence-corrected chi connectivity index (χ1v) is 18.7. The molecule has 1 saturated heterocycles. The first-order valence-electron chi connectivity index (χ1n) is 18.7. The van der Waals surface area contributed by atoms with Gasteiger partial charge in [-0.1, -0.05) is 46.2 Å². The number of nitrogens with two attached hydrogens (primary N) is 1. The minimum Gasteiger partial charge on any atom is -0.508 e. The topological polar surface area (TPSA) is 218 Å². The highest BCUT2D eigenvalue weighted by Gasteiger charge is 2.40. The lowest BCUT2D eigenvalue weighted by Crippen LogP contribution is -2.60. The summed E-state index contributed by atoms with van der Waals surface area (Å²) >= 11 is 0. The van der Waals surface area contributed by atoms with Crippen molar-refractivity contribution in [2.75, 3.05) is 20.2 Å². The molecule has 15 heteroatoms. The number of carbonyl (C=O) groups is 6. The second-order valence-corrected chi connectivity index (χ2v) is 15.2. The van der Waals surface area contributed by atoms with Crippen LogP contribution in [0.3, 0.4) is 0 Å². The fraction of sp³-hybridized carbons (Fsp3) is 0.684. The van der Waals surface area contributed by atoms with Crippen LogP contribution in [0, 0.1) is 11.8 Å². The lowest BCUT2D eigenvalue weighted by atomic mass is 9.96. The number of methoxy groups -OCH3 is 1. The van der Waals surface area contributed by atoms with Crippen molar-refractivity contribution in [2.45, 2.75) is 136 Å². The second-order valence-electron chi connectivity index (χ2n) is 15.2. The van der Waals surface area contributed by atoms with Crippen LogP contribution in [-0.4, -0.2) is 102 Å². The standard InChI is InChI=1S/C38H62N6O9/c1-9-24(4)31(34(48)41-29(21-23(2)3)36(50)52-8)43-32(46)28(22-25-15-17-26(45)18-16-25)40-33(47)30-14-12-20-44(30)35(49)27(13-10-11-19-39)42-37(51)53-38(5,6)7/h15-18,23-24,27-31,45H,9-14,19-22,39H2,1-8H3,(H,40,47)(H,41,48)(H,42,51)(H,43,46). The van der Waals surface area contributed by atoms with Gasteiger partial charge in [0.2, 0.25) is 23.6 Å². The molecule has 15 nitrogen and oxygen atoms in total. The fourth-order valence-electron chi connectivity index (χ4n) is 6.09. The zero-order valence-corrected chi connectivity index (χ0v) is 32.7. The molecule has 0 saturated carbocycles. The van der Waals surface area contributed by atoms with Crippen molar-refractivity contribution in [1.82, 2.24) is 26.2 Å². The van der Waals surface area contributed by atoms with Crippen LogP contribution in [0.15, 0.2) is 24.3 Å². The van der Waals surface area contributed by atoms with Gasteiger partial charge in [-0.15, -0.1) is 0 Å². The van der Waals surface area contributed by atoms with E-state index < -0.39 is 71.5 Å². The number of phenolic OH excluding ortho intramolecular Hbond substituents is 1. The molecule has 1 aliphatic heterocycles. The number of unbranched alkanes of at least 4 members (excludes halogenated alkanes) is 1. The summed E-state index contributed by atoms with van der Waals surface area (Å²) in [4.78, 5) is 82.2. The summed E-state index contributed by atoms with van der Waals surface area (Å²) in [6.07, 6.45) is 2.44. The summed E-state index contributed by atoms with van der Waals surface area (Å²) in [7, 11) is 1.24. The van der Waals surface area contributed by atoms with Crippen LogP contribution in [-0.2, 0) is 39.9 Å². The zero-order chi connectivity index (χ0) is 39.9. The normalized spacial score (nSPS) is 17.2. The molecule has 0 bridgehead atoms. The summed E-state index contributed by atoms with van der Waals surface area (Å²) in [6.45, 7) is 13.3. The Morgan fingerprint density at radius 1 is 0.925 bits per heavy atom. The lowest BCUT2D eigenvalue weighted by molar-refractivity contribution is -0.146. The largest absolute Gasteiger partial charge is 0.508 e. The maximum atomic E-state index is 14.1. The van der Waals surface area contributed by atoms with Crippen LogP contribution < -0.4 is 27.0 Å². The summed E-state index contributed by atoms with van der Waals surface area (Å²) in [5.41, 5.74) is 5.51. The number of nitrogens with zero attached hydrogens (tertiary/aromatic N) is 1. The molecule has 1 aliphatic rings. The zero-order valence-electron chi connectivity index (χ0n) is 32.7. The summed E-state index contributed by atoms with van der Waals surface area (Å²) in [6, 6.07) is 1.12. The molecule has 1 aromatic rings. The van der Waals surface area contributed by atoms with Gasteiger partial charge in [-0.2, -0.15) is 0 Å². The third-order valence-electron chi connectivity index (χ3n) is 9.09. The van der Waals surface area contributed by atoms with Crippen molar-refractivity contribution in [3.63, 3.8) is 0 Å². The highest BCUT2D eigenvalue weighted by atomic mass is 16.6. The Morgan fingerprint density at radius 2 is 1.58 bits per heavy atom. The highest BCUT2D eigenvalue weighted by Crippen LogP contribution is 2.22. The van der Waals surface area contributed by atoms with Crippen LogP contribution >= 0.6 is 0 Å². The van der Waals surface area contributed by atoms with Gasteiger partial charge in [0.25, 0.3) is 0 Å². The van der Waals surface area contributed by atoms with Crippen molar-refractivity contribution in [3.05, 3.63) is 29.8 Å². The first-order chi connectivity index (χ1) is 24.9. The van der Waals surface area contributed by atoms with E-state index in [0.29, 0.717) is 57.1 Å². The van der Waals surface area contributed by atoms with Crippen molar-refractivity contribution in [3.8, 4) is 5.75 Å². The molecule has 0 radical (unpaired) electrons. The van der Waals surface area contributed by atoms with Crippen molar-refractivity contribution in [2.24, 2.45) is 17.6 Å². The number of phenols is 1. The van der Waals surface area contributed by atoms with E-state index in [4.69, 9.17) is 15.2 Å². The Labute approximate surface area is 313 Å². The van der Waals surface area contributed by atoms with Gasteiger partial charge in [0.15, 0.2) is 0 Å². The molecule has 1 fully saturated rings. The molecule has 0 aliphatic carbocycles. The Morgan fingerprint density at radius 3 is 2.15 bits per heavy atom. The number of alkyl carbamates (subject to hydrolysis) is 1. The Kier molecular flexibility index (Phi) is 18.0. The molecular weight excluding hydrogens is 684 g/mol. The maximum Gasteiger partial charge on any atom is 0.408 e. The number of rotatable bonds is 19. The van der Waals surface area contributed by atoms with E-state index in [2.05, 4.69) is 21.3 Å². The number of carbonyl (C=O) groups excluding carboxylic acids is 6. The average molecular weight is 747 g/mol. The molecule has 1 heterocycles. The van der Waals surface area contributed by atoms with Gasteiger partial charge in [-0.25, -0.2) is 9.59 Å². The number of benzene rings is 1. The first kappa shape index (κ1) is 44.8. The quantitative estimate of drug-likeness (QED) is 0.0898. The molecule has 5 amide bonds. The monoisotopic (exact) mass is 746 g/mol. The van der Waals surface area contributed by atoms with Gasteiger partial charge in [-0.05, 0) is 95.4 Å². The third-order valence-corrected chi connectivity index (χ3v) is 9.09. The molecule has 7 N–H and O–H groups in total. The van der Waals surface area contributed by atoms with Crippen molar-refractivity contribution < 1.29 is 43.3 Å². The van der Waals surface area contributed by atoms with E-state index >= 15 is 0 Å². The number of hydrogen-bond donors (Lipinski definition) is 6. The number of amides is 5. The van der Waals surface area contributed by atoms with Gasteiger partial charge >= 0.3 is 12.1 Å². The van der Waals surface area contributed by atoms with Gasteiger partial charge in [0.1, 0.15) is 41.6 Å². The molecule has 298 valence electrons. The Hall–Kier alpha value is -4.40. The predicted octanol–water partition coefficient (Wildman–Crippen LogP) is 2.67. The molecule has 0 spiro atoms. The molecule has 1 aromatic carbocycles. The van der Waals surface area contributed by atoms with Gasteiger partial charge < -0.3 is 46.5 Å². The number of aromatic hydroxyl groups is 1. The van der Waals surface area contributed by atoms with Crippen molar-refractivity contribution in [1.29, 1.82) is 0 Å². The third kappa shape index (κ3) is 14.9. The molecule has 0 aromatic heterocycles. The summed E-state index contributed by atoms with van der Waals surface area (Å²) in [5, 5.41) is 20.9. The summed E-state index contributed by atoms with van der Waals surface area (Å²) < 4.78 is 10.3. The Bertz CT molecular complexity index is 1380. The minimum atomic E-state index is -1.18.